The molecular formula is C12H17FO2. The van der Waals surface area contributed by atoms with Gasteiger partial charge in [-0.2, -0.15) is 0 Å². The summed E-state index contributed by atoms with van der Waals surface area (Å²) in [6, 6.07) is 4.78. The molecule has 0 amide bonds. The lowest BCUT2D eigenvalue weighted by Crippen LogP contribution is -2.22. The highest BCUT2D eigenvalue weighted by atomic mass is 19.1. The van der Waals surface area contributed by atoms with Crippen LogP contribution in [-0.4, -0.2) is 16.8 Å². The first kappa shape index (κ1) is 12.0. The SMILES string of the molecule is CC(F)c1cc(C(C)(C)CO)ccc1O. The third-order valence-corrected chi connectivity index (χ3v) is 2.63. The van der Waals surface area contributed by atoms with E-state index in [4.69, 9.17) is 0 Å². The Morgan fingerprint density at radius 3 is 2.47 bits per heavy atom. The molecule has 0 bridgehead atoms. The van der Waals surface area contributed by atoms with Gasteiger partial charge in [0.1, 0.15) is 11.9 Å². The first-order chi connectivity index (χ1) is 6.88. The van der Waals surface area contributed by atoms with Gasteiger partial charge >= 0.3 is 0 Å². The van der Waals surface area contributed by atoms with Crippen molar-refractivity contribution in [2.24, 2.45) is 0 Å². The van der Waals surface area contributed by atoms with E-state index in [1.165, 1.54) is 13.0 Å². The number of aliphatic hydroxyl groups excluding tert-OH is 1. The number of aliphatic hydroxyl groups is 1. The zero-order chi connectivity index (χ0) is 11.6. The summed E-state index contributed by atoms with van der Waals surface area (Å²) in [5, 5.41) is 18.6. The maximum absolute atomic E-state index is 13.1. The minimum atomic E-state index is -1.21. The molecule has 0 radical (unpaired) electrons. The van der Waals surface area contributed by atoms with Gasteiger partial charge in [-0.25, -0.2) is 4.39 Å². The van der Waals surface area contributed by atoms with Gasteiger partial charge in [0.05, 0.1) is 6.61 Å². The van der Waals surface area contributed by atoms with Crippen LogP contribution < -0.4 is 0 Å². The van der Waals surface area contributed by atoms with Crippen molar-refractivity contribution >= 4 is 0 Å². The van der Waals surface area contributed by atoms with Crippen molar-refractivity contribution in [3.05, 3.63) is 29.3 Å². The van der Waals surface area contributed by atoms with Gasteiger partial charge in [0.25, 0.3) is 0 Å². The first-order valence-corrected chi connectivity index (χ1v) is 4.97. The summed E-state index contributed by atoms with van der Waals surface area (Å²) in [6.45, 7) is 5.10. The number of hydrogen-bond donors (Lipinski definition) is 2. The average molecular weight is 212 g/mol. The molecule has 1 atom stereocenters. The summed E-state index contributed by atoms with van der Waals surface area (Å²) >= 11 is 0. The summed E-state index contributed by atoms with van der Waals surface area (Å²) in [5.41, 5.74) is 0.675. The fourth-order valence-electron chi connectivity index (χ4n) is 1.39. The van der Waals surface area contributed by atoms with Crippen molar-refractivity contribution in [1.82, 2.24) is 0 Å². The average Bonchev–Trinajstić information content (AvgIpc) is 2.17. The fraction of sp³-hybridized carbons (Fsp3) is 0.500. The Balaban J connectivity index is 3.19. The highest BCUT2D eigenvalue weighted by Crippen LogP contribution is 2.32. The van der Waals surface area contributed by atoms with Gasteiger partial charge in [-0.1, -0.05) is 19.9 Å². The molecule has 3 heteroatoms. The smallest absolute Gasteiger partial charge is 0.126 e. The molecule has 0 aliphatic rings. The van der Waals surface area contributed by atoms with E-state index < -0.39 is 11.6 Å². The second kappa shape index (κ2) is 4.19. The summed E-state index contributed by atoms with van der Waals surface area (Å²) in [7, 11) is 0. The van der Waals surface area contributed by atoms with Gasteiger partial charge in [0.15, 0.2) is 0 Å². The number of benzene rings is 1. The molecular weight excluding hydrogens is 195 g/mol. The number of rotatable bonds is 3. The molecule has 1 unspecified atom stereocenters. The zero-order valence-corrected chi connectivity index (χ0v) is 9.29. The molecule has 1 aromatic rings. The van der Waals surface area contributed by atoms with Crippen LogP contribution in [0.15, 0.2) is 18.2 Å². The Morgan fingerprint density at radius 1 is 1.40 bits per heavy atom. The first-order valence-electron chi connectivity index (χ1n) is 4.97. The van der Waals surface area contributed by atoms with Crippen LogP contribution in [0.1, 0.15) is 38.1 Å². The van der Waals surface area contributed by atoms with E-state index >= 15 is 0 Å². The van der Waals surface area contributed by atoms with Gasteiger partial charge in [0.2, 0.25) is 0 Å². The minimum Gasteiger partial charge on any atom is -0.508 e. The highest BCUT2D eigenvalue weighted by molar-refractivity contribution is 5.40. The lowest BCUT2D eigenvalue weighted by molar-refractivity contribution is 0.218. The molecule has 0 heterocycles. The largest absolute Gasteiger partial charge is 0.508 e. The van der Waals surface area contributed by atoms with E-state index in [0.29, 0.717) is 0 Å². The maximum atomic E-state index is 13.1. The number of phenolic OH excluding ortho intramolecular Hbond substituents is 1. The Morgan fingerprint density at radius 2 is 2.00 bits per heavy atom. The number of alkyl halides is 1. The predicted octanol–water partition coefficient (Wildman–Crippen LogP) is 2.69. The van der Waals surface area contributed by atoms with Crippen LogP contribution in [0, 0.1) is 0 Å². The molecule has 1 aromatic carbocycles. The molecule has 0 saturated heterocycles. The van der Waals surface area contributed by atoms with E-state index in [2.05, 4.69) is 0 Å². The van der Waals surface area contributed by atoms with Crippen molar-refractivity contribution < 1.29 is 14.6 Å². The summed E-state index contributed by atoms with van der Waals surface area (Å²) in [4.78, 5) is 0. The molecule has 0 aliphatic carbocycles. The van der Waals surface area contributed by atoms with E-state index in [9.17, 15) is 14.6 Å². The normalized spacial score (nSPS) is 13.9. The van der Waals surface area contributed by atoms with E-state index in [0.717, 1.165) is 5.56 Å². The quantitative estimate of drug-likeness (QED) is 0.808. The maximum Gasteiger partial charge on any atom is 0.126 e. The third-order valence-electron chi connectivity index (χ3n) is 2.63. The Kier molecular flexibility index (Phi) is 3.35. The van der Waals surface area contributed by atoms with Gasteiger partial charge in [0, 0.05) is 11.0 Å². The lowest BCUT2D eigenvalue weighted by Gasteiger charge is -2.23. The Bertz CT molecular complexity index is 345. The number of halogens is 1. The summed E-state index contributed by atoms with van der Waals surface area (Å²) < 4.78 is 13.1. The second-order valence-electron chi connectivity index (χ2n) is 4.43. The number of hydrogen-bond acceptors (Lipinski definition) is 2. The lowest BCUT2D eigenvalue weighted by atomic mass is 9.84. The predicted molar refractivity (Wildman–Crippen MR) is 57.7 cm³/mol. The third kappa shape index (κ3) is 2.48. The summed E-state index contributed by atoms with van der Waals surface area (Å²) in [6.07, 6.45) is -1.21. The van der Waals surface area contributed by atoms with Crippen molar-refractivity contribution in [2.75, 3.05) is 6.61 Å². The molecule has 0 aliphatic heterocycles. The molecule has 0 fully saturated rings. The monoisotopic (exact) mass is 212 g/mol. The van der Waals surface area contributed by atoms with Gasteiger partial charge < -0.3 is 10.2 Å². The fourth-order valence-corrected chi connectivity index (χ4v) is 1.39. The summed E-state index contributed by atoms with van der Waals surface area (Å²) in [5.74, 6) is -0.0394. The van der Waals surface area contributed by atoms with Gasteiger partial charge in [-0.15, -0.1) is 0 Å². The molecule has 84 valence electrons. The van der Waals surface area contributed by atoms with Crippen LogP contribution in [0.3, 0.4) is 0 Å². The highest BCUT2D eigenvalue weighted by Gasteiger charge is 2.21. The topological polar surface area (TPSA) is 40.5 Å². The van der Waals surface area contributed by atoms with Crippen molar-refractivity contribution in [3.63, 3.8) is 0 Å². The van der Waals surface area contributed by atoms with Crippen LogP contribution in [0.25, 0.3) is 0 Å². The molecule has 0 saturated carbocycles. The molecule has 2 N–H and O–H groups in total. The minimum absolute atomic E-state index is 0.0160. The van der Waals surface area contributed by atoms with Crippen LogP contribution in [0.4, 0.5) is 4.39 Å². The molecule has 2 nitrogen and oxygen atoms in total. The second-order valence-corrected chi connectivity index (χ2v) is 4.43. The van der Waals surface area contributed by atoms with Crippen molar-refractivity contribution in [1.29, 1.82) is 0 Å². The Hall–Kier alpha value is -1.09. The number of phenols is 1. The van der Waals surface area contributed by atoms with Gasteiger partial charge in [-0.05, 0) is 24.6 Å². The zero-order valence-electron chi connectivity index (χ0n) is 9.29. The molecule has 15 heavy (non-hydrogen) atoms. The van der Waals surface area contributed by atoms with Crippen molar-refractivity contribution in [2.45, 2.75) is 32.4 Å². The van der Waals surface area contributed by atoms with Gasteiger partial charge in [-0.3, -0.25) is 0 Å². The van der Waals surface area contributed by atoms with Crippen LogP contribution in [0.5, 0.6) is 5.75 Å². The number of aromatic hydroxyl groups is 1. The van der Waals surface area contributed by atoms with Crippen LogP contribution in [0.2, 0.25) is 0 Å². The molecule has 1 rings (SSSR count). The van der Waals surface area contributed by atoms with E-state index in [-0.39, 0.29) is 17.9 Å². The van der Waals surface area contributed by atoms with Crippen LogP contribution in [-0.2, 0) is 5.41 Å². The van der Waals surface area contributed by atoms with Crippen molar-refractivity contribution in [3.8, 4) is 5.75 Å². The molecule has 0 aromatic heterocycles. The Labute approximate surface area is 89.4 Å². The van der Waals surface area contributed by atoms with Crippen LogP contribution >= 0.6 is 0 Å². The van der Waals surface area contributed by atoms with E-state index in [1.54, 1.807) is 12.1 Å². The standard InChI is InChI=1S/C12H17FO2/c1-8(13)10-6-9(4-5-11(10)15)12(2,3)7-14/h4-6,8,14-15H,7H2,1-3H3. The molecule has 0 spiro atoms. The van der Waals surface area contributed by atoms with E-state index in [1.807, 2.05) is 13.8 Å².